The molecular formula is C14H18ClNO2. The molecule has 0 aromatic heterocycles. The number of benzene rings is 1. The highest BCUT2D eigenvalue weighted by atomic mass is 35.5. The van der Waals surface area contributed by atoms with Crippen LogP contribution in [-0.2, 0) is 4.74 Å². The van der Waals surface area contributed by atoms with Gasteiger partial charge in [-0.3, -0.25) is 4.79 Å². The van der Waals surface area contributed by atoms with E-state index in [1.807, 2.05) is 30.9 Å². The molecule has 0 spiro atoms. The first kappa shape index (κ1) is 13.4. The van der Waals surface area contributed by atoms with E-state index in [0.717, 1.165) is 16.7 Å². The number of aryl methyl sites for hydroxylation is 2. The van der Waals surface area contributed by atoms with Crippen LogP contribution >= 0.6 is 11.6 Å². The number of ether oxygens (including phenoxy) is 1. The van der Waals surface area contributed by atoms with Crippen molar-refractivity contribution in [2.75, 3.05) is 25.6 Å². The molecule has 4 heteroatoms. The highest BCUT2D eigenvalue weighted by molar-refractivity contribution is 6.18. The minimum Gasteiger partial charge on any atom is -0.373 e. The maximum absolute atomic E-state index is 12.4. The molecule has 1 aliphatic rings. The zero-order valence-electron chi connectivity index (χ0n) is 10.8. The molecule has 0 bridgehead atoms. The average Bonchev–Trinajstić information content (AvgIpc) is 2.37. The maximum atomic E-state index is 12.4. The first-order chi connectivity index (χ1) is 8.60. The predicted molar refractivity (Wildman–Crippen MR) is 72.3 cm³/mol. The molecule has 0 aliphatic carbocycles. The van der Waals surface area contributed by atoms with Gasteiger partial charge in [-0.15, -0.1) is 11.6 Å². The van der Waals surface area contributed by atoms with Crippen molar-refractivity contribution in [2.24, 2.45) is 0 Å². The summed E-state index contributed by atoms with van der Waals surface area (Å²) in [7, 11) is 0. The van der Waals surface area contributed by atoms with Crippen LogP contribution in [0.15, 0.2) is 18.2 Å². The third-order valence-electron chi connectivity index (χ3n) is 3.07. The first-order valence-corrected chi connectivity index (χ1v) is 6.68. The lowest BCUT2D eigenvalue weighted by molar-refractivity contribution is -0.0108. The van der Waals surface area contributed by atoms with E-state index in [9.17, 15) is 4.79 Å². The second kappa shape index (κ2) is 5.72. The van der Waals surface area contributed by atoms with Crippen LogP contribution in [0.25, 0.3) is 0 Å². The summed E-state index contributed by atoms with van der Waals surface area (Å²) in [6.45, 7) is 5.79. The van der Waals surface area contributed by atoms with Crippen molar-refractivity contribution in [2.45, 2.75) is 20.0 Å². The Labute approximate surface area is 113 Å². The Morgan fingerprint density at radius 3 is 2.67 bits per heavy atom. The lowest BCUT2D eigenvalue weighted by Gasteiger charge is -2.32. The standard InChI is InChI=1S/C14H18ClNO2/c1-10-5-11(2)7-12(6-10)14(17)16-3-4-18-13(8-15)9-16/h5-7,13H,3-4,8-9H2,1-2H3. The molecule has 18 heavy (non-hydrogen) atoms. The van der Waals surface area contributed by atoms with Crippen LogP contribution in [0.3, 0.4) is 0 Å². The molecule has 1 atom stereocenters. The second-order valence-corrected chi connectivity index (χ2v) is 5.08. The van der Waals surface area contributed by atoms with Crippen molar-refractivity contribution in [3.8, 4) is 0 Å². The van der Waals surface area contributed by atoms with Crippen LogP contribution in [-0.4, -0.2) is 42.5 Å². The number of carbonyl (C=O) groups excluding carboxylic acids is 1. The maximum Gasteiger partial charge on any atom is 0.254 e. The molecule has 0 radical (unpaired) electrons. The molecule has 1 aromatic carbocycles. The van der Waals surface area contributed by atoms with Gasteiger partial charge in [0.2, 0.25) is 0 Å². The highest BCUT2D eigenvalue weighted by Gasteiger charge is 2.24. The molecular weight excluding hydrogens is 250 g/mol. The number of nitrogens with zero attached hydrogens (tertiary/aromatic N) is 1. The zero-order chi connectivity index (χ0) is 13.1. The largest absolute Gasteiger partial charge is 0.373 e. The topological polar surface area (TPSA) is 29.5 Å². The Morgan fingerprint density at radius 1 is 1.39 bits per heavy atom. The Balaban J connectivity index is 2.15. The summed E-state index contributed by atoms with van der Waals surface area (Å²) < 4.78 is 5.46. The van der Waals surface area contributed by atoms with Gasteiger partial charge in [0.15, 0.2) is 0 Å². The fourth-order valence-corrected chi connectivity index (χ4v) is 2.46. The highest BCUT2D eigenvalue weighted by Crippen LogP contribution is 2.14. The summed E-state index contributed by atoms with van der Waals surface area (Å²) >= 11 is 5.78. The summed E-state index contributed by atoms with van der Waals surface area (Å²) in [5, 5.41) is 0. The van der Waals surface area contributed by atoms with E-state index in [4.69, 9.17) is 16.3 Å². The van der Waals surface area contributed by atoms with Crippen LogP contribution in [0, 0.1) is 13.8 Å². The van der Waals surface area contributed by atoms with Crippen LogP contribution in [0.5, 0.6) is 0 Å². The quantitative estimate of drug-likeness (QED) is 0.770. The van der Waals surface area contributed by atoms with E-state index in [0.29, 0.717) is 25.6 Å². The van der Waals surface area contributed by atoms with Crippen molar-refractivity contribution in [3.63, 3.8) is 0 Å². The van der Waals surface area contributed by atoms with E-state index in [1.54, 1.807) is 0 Å². The average molecular weight is 268 g/mol. The lowest BCUT2D eigenvalue weighted by Crippen LogP contribution is -2.46. The molecule has 1 saturated heterocycles. The number of carbonyl (C=O) groups is 1. The van der Waals surface area contributed by atoms with Gasteiger partial charge in [-0.1, -0.05) is 17.2 Å². The van der Waals surface area contributed by atoms with Gasteiger partial charge >= 0.3 is 0 Å². The summed E-state index contributed by atoms with van der Waals surface area (Å²) in [5.74, 6) is 0.497. The molecule has 0 N–H and O–H groups in total. The number of hydrogen-bond donors (Lipinski definition) is 0. The minimum absolute atomic E-state index is 0.0460. The molecule has 98 valence electrons. The predicted octanol–water partition coefficient (Wildman–Crippen LogP) is 2.38. The van der Waals surface area contributed by atoms with Crippen LogP contribution < -0.4 is 0 Å². The third kappa shape index (κ3) is 3.03. The van der Waals surface area contributed by atoms with Crippen molar-refractivity contribution < 1.29 is 9.53 Å². The molecule has 1 aromatic rings. The van der Waals surface area contributed by atoms with Crippen molar-refractivity contribution in [1.29, 1.82) is 0 Å². The number of alkyl halides is 1. The normalized spacial score (nSPS) is 19.9. The van der Waals surface area contributed by atoms with Crippen molar-refractivity contribution in [3.05, 3.63) is 34.9 Å². The smallest absolute Gasteiger partial charge is 0.254 e. The number of amides is 1. The van der Waals surface area contributed by atoms with Crippen molar-refractivity contribution >= 4 is 17.5 Å². The fourth-order valence-electron chi connectivity index (χ4n) is 2.28. The molecule has 1 fully saturated rings. The molecule has 1 amide bonds. The Bertz CT molecular complexity index is 427. The van der Waals surface area contributed by atoms with Crippen molar-refractivity contribution in [1.82, 2.24) is 4.90 Å². The first-order valence-electron chi connectivity index (χ1n) is 6.15. The fraction of sp³-hybridized carbons (Fsp3) is 0.500. The Kier molecular flexibility index (Phi) is 4.25. The van der Waals surface area contributed by atoms with Gasteiger partial charge in [-0.2, -0.15) is 0 Å². The number of halogens is 1. The van der Waals surface area contributed by atoms with Crippen LogP contribution in [0.2, 0.25) is 0 Å². The Morgan fingerprint density at radius 2 is 2.06 bits per heavy atom. The van der Waals surface area contributed by atoms with Gasteiger partial charge in [-0.05, 0) is 26.0 Å². The molecule has 1 aliphatic heterocycles. The van der Waals surface area contributed by atoms with Gasteiger partial charge in [-0.25, -0.2) is 0 Å². The molecule has 0 saturated carbocycles. The monoisotopic (exact) mass is 267 g/mol. The van der Waals surface area contributed by atoms with Gasteiger partial charge in [0.25, 0.3) is 5.91 Å². The van der Waals surface area contributed by atoms with E-state index in [-0.39, 0.29) is 12.0 Å². The van der Waals surface area contributed by atoms with E-state index >= 15 is 0 Å². The SMILES string of the molecule is Cc1cc(C)cc(C(=O)N2CCOC(CCl)C2)c1. The molecule has 3 nitrogen and oxygen atoms in total. The number of rotatable bonds is 2. The van der Waals surface area contributed by atoms with E-state index in [1.165, 1.54) is 0 Å². The summed E-state index contributed by atoms with van der Waals surface area (Å²) in [4.78, 5) is 14.2. The molecule has 1 heterocycles. The Hall–Kier alpha value is -1.06. The minimum atomic E-state index is -0.0460. The van der Waals surface area contributed by atoms with E-state index < -0.39 is 0 Å². The van der Waals surface area contributed by atoms with Gasteiger partial charge in [0.1, 0.15) is 0 Å². The molecule has 2 rings (SSSR count). The summed E-state index contributed by atoms with van der Waals surface area (Å²) in [6.07, 6.45) is -0.0460. The zero-order valence-corrected chi connectivity index (χ0v) is 11.5. The van der Waals surface area contributed by atoms with Gasteiger partial charge in [0.05, 0.1) is 18.6 Å². The number of morpholine rings is 1. The van der Waals surface area contributed by atoms with Crippen LogP contribution in [0.4, 0.5) is 0 Å². The summed E-state index contributed by atoms with van der Waals surface area (Å²) in [6, 6.07) is 5.93. The van der Waals surface area contributed by atoms with E-state index in [2.05, 4.69) is 6.07 Å². The van der Waals surface area contributed by atoms with Crippen LogP contribution in [0.1, 0.15) is 21.5 Å². The third-order valence-corrected chi connectivity index (χ3v) is 3.41. The lowest BCUT2D eigenvalue weighted by atomic mass is 10.1. The second-order valence-electron chi connectivity index (χ2n) is 4.77. The number of hydrogen-bond acceptors (Lipinski definition) is 2. The van der Waals surface area contributed by atoms with Gasteiger partial charge in [0, 0.05) is 18.7 Å². The summed E-state index contributed by atoms with van der Waals surface area (Å²) in [5.41, 5.74) is 2.98. The van der Waals surface area contributed by atoms with Gasteiger partial charge < -0.3 is 9.64 Å². The molecule has 1 unspecified atom stereocenters.